The number of hydrogen-bond donors (Lipinski definition) is 0. The quantitative estimate of drug-likeness (QED) is 0.368. The summed E-state index contributed by atoms with van der Waals surface area (Å²) >= 11 is 0. The number of nitrogens with zero attached hydrogens (tertiary/aromatic N) is 2. The van der Waals surface area contributed by atoms with E-state index in [2.05, 4.69) is 16.9 Å². The fourth-order valence-corrected chi connectivity index (χ4v) is 4.01. The summed E-state index contributed by atoms with van der Waals surface area (Å²) in [5, 5.41) is 0. The van der Waals surface area contributed by atoms with Gasteiger partial charge in [0, 0.05) is 25.2 Å². The number of benzene rings is 2. The molecule has 6 nitrogen and oxygen atoms in total. The molecule has 2 aromatic rings. The first-order valence-electron chi connectivity index (χ1n) is 11.0. The van der Waals surface area contributed by atoms with Crippen LogP contribution in [0.1, 0.15) is 50.1 Å². The highest BCUT2D eigenvalue weighted by molar-refractivity contribution is 5.95. The third-order valence-corrected chi connectivity index (χ3v) is 5.75. The number of anilines is 1. The molecule has 1 aliphatic heterocycles. The van der Waals surface area contributed by atoms with Gasteiger partial charge in [-0.1, -0.05) is 49.6 Å². The van der Waals surface area contributed by atoms with Crippen LogP contribution in [0.4, 0.5) is 10.5 Å². The van der Waals surface area contributed by atoms with Crippen LogP contribution in [-0.2, 0) is 9.53 Å². The summed E-state index contributed by atoms with van der Waals surface area (Å²) in [6.45, 7) is 1.42. The lowest BCUT2D eigenvalue weighted by molar-refractivity contribution is -0.140. The highest BCUT2D eigenvalue weighted by Gasteiger charge is 2.38. The van der Waals surface area contributed by atoms with Crippen LogP contribution in [0.15, 0.2) is 54.6 Å². The highest BCUT2D eigenvalue weighted by Crippen LogP contribution is 2.35. The van der Waals surface area contributed by atoms with Gasteiger partial charge in [0.2, 0.25) is 0 Å². The summed E-state index contributed by atoms with van der Waals surface area (Å²) in [5.74, 6) is 0.629. The molecule has 1 fully saturated rings. The smallest absolute Gasteiger partial charge is 0.325 e. The zero-order valence-electron chi connectivity index (χ0n) is 18.5. The first kappa shape index (κ1) is 22.7. The van der Waals surface area contributed by atoms with Gasteiger partial charge in [-0.15, -0.1) is 0 Å². The van der Waals surface area contributed by atoms with Crippen molar-refractivity contribution in [1.82, 2.24) is 4.90 Å². The number of esters is 1. The molecule has 3 rings (SSSR count). The zero-order chi connectivity index (χ0) is 22.1. The van der Waals surface area contributed by atoms with E-state index >= 15 is 0 Å². The Bertz CT molecular complexity index is 838. The zero-order valence-corrected chi connectivity index (χ0v) is 18.5. The van der Waals surface area contributed by atoms with E-state index in [0.717, 1.165) is 55.6 Å². The Morgan fingerprint density at radius 3 is 2.29 bits per heavy atom. The molecule has 1 saturated heterocycles. The van der Waals surface area contributed by atoms with Crippen LogP contribution in [-0.4, -0.2) is 44.2 Å². The van der Waals surface area contributed by atoms with Crippen LogP contribution in [0.25, 0.3) is 0 Å². The highest BCUT2D eigenvalue weighted by atomic mass is 16.5. The maximum atomic E-state index is 13.3. The van der Waals surface area contributed by atoms with Crippen molar-refractivity contribution in [3.8, 4) is 5.75 Å². The number of carbonyl (C=O) groups is 2. The molecule has 0 aromatic heterocycles. The number of urea groups is 1. The van der Waals surface area contributed by atoms with Crippen LogP contribution >= 0.6 is 0 Å². The van der Waals surface area contributed by atoms with Gasteiger partial charge >= 0.3 is 12.0 Å². The van der Waals surface area contributed by atoms with E-state index in [1.165, 1.54) is 7.11 Å². The molecular formula is C25H32N2O4. The lowest BCUT2D eigenvalue weighted by atomic mass is 10.1. The molecule has 166 valence electrons. The second-order valence-corrected chi connectivity index (χ2v) is 7.82. The molecule has 31 heavy (non-hydrogen) atoms. The first-order chi connectivity index (χ1) is 15.1. The summed E-state index contributed by atoms with van der Waals surface area (Å²) < 4.78 is 9.93. The summed E-state index contributed by atoms with van der Waals surface area (Å²) in [6.07, 6.45) is 5.41. The van der Waals surface area contributed by atoms with Crippen molar-refractivity contribution in [3.05, 3.63) is 60.2 Å². The van der Waals surface area contributed by atoms with Gasteiger partial charge in [-0.25, -0.2) is 4.79 Å². The van der Waals surface area contributed by atoms with Crippen molar-refractivity contribution in [1.29, 1.82) is 0 Å². The fraction of sp³-hybridized carbons (Fsp3) is 0.440. The van der Waals surface area contributed by atoms with Gasteiger partial charge in [-0.2, -0.15) is 0 Å². The van der Waals surface area contributed by atoms with Gasteiger partial charge in [0.05, 0.1) is 20.3 Å². The van der Waals surface area contributed by atoms with E-state index in [9.17, 15) is 9.59 Å². The van der Waals surface area contributed by atoms with E-state index in [0.29, 0.717) is 13.0 Å². The number of amides is 2. The van der Waals surface area contributed by atoms with Crippen LogP contribution in [0.2, 0.25) is 0 Å². The predicted molar refractivity (Wildman–Crippen MR) is 121 cm³/mol. The van der Waals surface area contributed by atoms with Crippen LogP contribution in [0, 0.1) is 0 Å². The lowest BCUT2D eigenvalue weighted by Crippen LogP contribution is -2.33. The Morgan fingerprint density at radius 2 is 1.61 bits per heavy atom. The first-order valence-corrected chi connectivity index (χ1v) is 11.0. The molecule has 0 bridgehead atoms. The van der Waals surface area contributed by atoms with Crippen molar-refractivity contribution in [2.45, 2.75) is 44.6 Å². The SMILES string of the molecule is COC(=O)CCCCCCCN1CC(c2ccccc2)N(c2ccc(OC)cc2)C1=O. The number of ether oxygens (including phenoxy) is 2. The standard InChI is InChI=1S/C25H32N2O4/c1-30-22-16-14-21(15-17-22)27-23(20-11-7-6-8-12-20)19-26(25(27)29)18-10-5-3-4-9-13-24(28)31-2/h6-8,11-12,14-17,23H,3-5,9-10,13,18-19H2,1-2H3. The van der Waals surface area contributed by atoms with Crippen molar-refractivity contribution in [3.63, 3.8) is 0 Å². The second-order valence-electron chi connectivity index (χ2n) is 7.82. The van der Waals surface area contributed by atoms with Crippen molar-refractivity contribution in [2.24, 2.45) is 0 Å². The van der Waals surface area contributed by atoms with E-state index in [1.54, 1.807) is 7.11 Å². The van der Waals surface area contributed by atoms with E-state index in [-0.39, 0.29) is 18.0 Å². The summed E-state index contributed by atoms with van der Waals surface area (Å²) in [6, 6.07) is 17.9. The minimum absolute atomic E-state index is 0.0119. The van der Waals surface area contributed by atoms with Gasteiger partial charge in [0.15, 0.2) is 0 Å². The van der Waals surface area contributed by atoms with E-state index in [1.807, 2.05) is 52.3 Å². The number of methoxy groups -OCH3 is 2. The summed E-state index contributed by atoms with van der Waals surface area (Å²) in [7, 11) is 3.06. The Balaban J connectivity index is 1.59. The molecule has 2 aromatic carbocycles. The summed E-state index contributed by atoms with van der Waals surface area (Å²) in [5.41, 5.74) is 2.02. The molecule has 1 atom stereocenters. The Hall–Kier alpha value is -3.02. The van der Waals surface area contributed by atoms with Gasteiger partial charge in [-0.05, 0) is 42.7 Å². The van der Waals surface area contributed by atoms with E-state index < -0.39 is 0 Å². The second kappa shape index (κ2) is 11.4. The number of unbranched alkanes of at least 4 members (excludes halogenated alkanes) is 4. The van der Waals surface area contributed by atoms with Crippen LogP contribution in [0.3, 0.4) is 0 Å². The number of carbonyl (C=O) groups excluding carboxylic acids is 2. The topological polar surface area (TPSA) is 59.1 Å². The minimum atomic E-state index is -0.145. The Labute approximate surface area is 184 Å². The molecule has 0 N–H and O–H groups in total. The molecule has 6 heteroatoms. The normalized spacial score (nSPS) is 15.9. The van der Waals surface area contributed by atoms with Gasteiger partial charge in [0.25, 0.3) is 0 Å². The monoisotopic (exact) mass is 424 g/mol. The average Bonchev–Trinajstić information content (AvgIpc) is 3.14. The van der Waals surface area contributed by atoms with Gasteiger partial charge < -0.3 is 14.4 Å². The van der Waals surface area contributed by atoms with E-state index in [4.69, 9.17) is 4.74 Å². The van der Waals surface area contributed by atoms with Gasteiger partial charge in [-0.3, -0.25) is 9.69 Å². The predicted octanol–water partition coefficient (Wildman–Crippen LogP) is 5.19. The minimum Gasteiger partial charge on any atom is -0.497 e. The largest absolute Gasteiger partial charge is 0.497 e. The summed E-state index contributed by atoms with van der Waals surface area (Å²) in [4.78, 5) is 28.3. The Kier molecular flexibility index (Phi) is 8.33. The fourth-order valence-electron chi connectivity index (χ4n) is 4.01. The molecule has 2 amide bonds. The molecular weight excluding hydrogens is 392 g/mol. The number of hydrogen-bond acceptors (Lipinski definition) is 4. The van der Waals surface area contributed by atoms with Gasteiger partial charge in [0.1, 0.15) is 5.75 Å². The number of rotatable bonds is 11. The third kappa shape index (κ3) is 6.00. The maximum absolute atomic E-state index is 13.3. The Morgan fingerprint density at radius 1 is 0.935 bits per heavy atom. The maximum Gasteiger partial charge on any atom is 0.325 e. The van der Waals surface area contributed by atoms with Crippen molar-refractivity contribution < 1.29 is 19.1 Å². The average molecular weight is 425 g/mol. The molecule has 1 aliphatic rings. The molecule has 1 unspecified atom stereocenters. The molecule has 0 spiro atoms. The molecule has 0 radical (unpaired) electrons. The van der Waals surface area contributed by atoms with Crippen LogP contribution < -0.4 is 9.64 Å². The lowest BCUT2D eigenvalue weighted by Gasteiger charge is -2.24. The molecule has 1 heterocycles. The molecule has 0 saturated carbocycles. The van der Waals surface area contributed by atoms with Crippen molar-refractivity contribution >= 4 is 17.7 Å². The van der Waals surface area contributed by atoms with Crippen molar-refractivity contribution in [2.75, 3.05) is 32.2 Å². The molecule has 0 aliphatic carbocycles. The third-order valence-electron chi connectivity index (χ3n) is 5.75. The van der Waals surface area contributed by atoms with Crippen LogP contribution in [0.5, 0.6) is 5.75 Å².